The lowest BCUT2D eigenvalue weighted by molar-refractivity contribution is -0.137. The third kappa shape index (κ3) is 5.69. The van der Waals surface area contributed by atoms with Crippen molar-refractivity contribution in [3.8, 4) is 11.1 Å². The summed E-state index contributed by atoms with van der Waals surface area (Å²) in [4.78, 5) is 36.3. The van der Waals surface area contributed by atoms with Crippen LogP contribution in [-0.2, 0) is 14.3 Å². The Labute approximate surface area is 204 Å². The molecule has 0 radical (unpaired) electrons. The van der Waals surface area contributed by atoms with Gasteiger partial charge in [-0.05, 0) is 27.8 Å². The lowest BCUT2D eigenvalue weighted by Crippen LogP contribution is -2.39. The average molecular weight is 473 g/mol. The predicted octanol–water partition coefficient (Wildman–Crippen LogP) is 4.49. The smallest absolute Gasteiger partial charge is 0.407 e. The number of hydrogen-bond acceptors (Lipinski definition) is 4. The molecular formula is C28H28N2O5. The number of fused-ring (bicyclic) bond motifs is 3. The zero-order valence-corrected chi connectivity index (χ0v) is 19.4. The number of amides is 2. The number of ether oxygens (including phenoxy) is 1. The molecule has 35 heavy (non-hydrogen) atoms. The summed E-state index contributed by atoms with van der Waals surface area (Å²) in [6.07, 6.45) is -0.834. The predicted molar refractivity (Wildman–Crippen MR) is 132 cm³/mol. The van der Waals surface area contributed by atoms with Gasteiger partial charge in [0, 0.05) is 12.5 Å². The molecule has 0 fully saturated rings. The van der Waals surface area contributed by atoms with E-state index >= 15 is 0 Å². The van der Waals surface area contributed by atoms with Gasteiger partial charge in [-0.3, -0.25) is 9.59 Å². The van der Waals surface area contributed by atoms with E-state index in [0.717, 1.165) is 22.3 Å². The van der Waals surface area contributed by atoms with Crippen molar-refractivity contribution < 1.29 is 24.2 Å². The van der Waals surface area contributed by atoms with Gasteiger partial charge < -0.3 is 20.5 Å². The lowest BCUT2D eigenvalue weighted by Gasteiger charge is -2.20. The summed E-state index contributed by atoms with van der Waals surface area (Å²) >= 11 is 0. The molecular weight excluding hydrogens is 444 g/mol. The summed E-state index contributed by atoms with van der Waals surface area (Å²) in [5.74, 6) is -1.98. The lowest BCUT2D eigenvalue weighted by atomic mass is 9.98. The molecule has 7 heteroatoms. The van der Waals surface area contributed by atoms with E-state index in [1.165, 1.54) is 0 Å². The van der Waals surface area contributed by atoms with Crippen molar-refractivity contribution >= 4 is 18.0 Å². The molecule has 0 spiro atoms. The Kier molecular flexibility index (Phi) is 7.45. The van der Waals surface area contributed by atoms with Gasteiger partial charge in [0.15, 0.2) is 0 Å². The molecule has 0 saturated heterocycles. The summed E-state index contributed by atoms with van der Waals surface area (Å²) in [5.41, 5.74) is 5.26. The van der Waals surface area contributed by atoms with E-state index in [1.54, 1.807) is 31.2 Å². The number of nitrogens with one attached hydrogen (secondary N) is 2. The number of benzene rings is 3. The summed E-state index contributed by atoms with van der Waals surface area (Å²) in [5, 5.41) is 14.6. The van der Waals surface area contributed by atoms with Crippen molar-refractivity contribution in [1.29, 1.82) is 0 Å². The van der Waals surface area contributed by atoms with Gasteiger partial charge in [-0.1, -0.05) is 85.8 Å². The Morgan fingerprint density at radius 3 is 2.06 bits per heavy atom. The van der Waals surface area contributed by atoms with Gasteiger partial charge in [0.25, 0.3) is 0 Å². The average Bonchev–Trinajstić information content (AvgIpc) is 3.19. The molecule has 1 aliphatic carbocycles. The quantitative estimate of drug-likeness (QED) is 0.426. The van der Waals surface area contributed by atoms with Gasteiger partial charge in [-0.25, -0.2) is 4.79 Å². The number of carbonyl (C=O) groups is 3. The van der Waals surface area contributed by atoms with Crippen molar-refractivity contribution in [3.05, 3.63) is 95.6 Å². The van der Waals surface area contributed by atoms with E-state index in [-0.39, 0.29) is 31.4 Å². The molecule has 2 unspecified atom stereocenters. The number of carboxylic acid groups (broad SMARTS) is 1. The molecule has 0 aromatic heterocycles. The second kappa shape index (κ2) is 10.9. The minimum Gasteiger partial charge on any atom is -0.481 e. The molecule has 2 atom stereocenters. The highest BCUT2D eigenvalue weighted by molar-refractivity contribution is 5.81. The van der Waals surface area contributed by atoms with Crippen LogP contribution in [0, 0.1) is 5.92 Å². The largest absolute Gasteiger partial charge is 0.481 e. The van der Waals surface area contributed by atoms with E-state index in [1.807, 2.05) is 42.5 Å². The van der Waals surface area contributed by atoms with Crippen molar-refractivity contribution in [2.45, 2.75) is 25.3 Å². The number of carboxylic acids is 1. The monoisotopic (exact) mass is 472 g/mol. The SMILES string of the molecule is CC(CNC(=O)OCC1c2ccccc2-c2ccccc21)C(=O)NC(CC(=O)O)c1ccccc1. The molecule has 0 saturated carbocycles. The molecule has 7 nitrogen and oxygen atoms in total. The minimum atomic E-state index is -1.01. The molecule has 0 aliphatic heterocycles. The highest BCUT2D eigenvalue weighted by atomic mass is 16.5. The number of alkyl carbamates (subject to hydrolysis) is 1. The Morgan fingerprint density at radius 1 is 0.886 bits per heavy atom. The number of carbonyl (C=O) groups excluding carboxylic acids is 2. The first kappa shape index (κ1) is 24.0. The van der Waals surface area contributed by atoms with Crippen LogP contribution in [-0.4, -0.2) is 36.2 Å². The summed E-state index contributed by atoms with van der Waals surface area (Å²) in [7, 11) is 0. The van der Waals surface area contributed by atoms with Crippen LogP contribution in [0.4, 0.5) is 4.79 Å². The van der Waals surface area contributed by atoms with E-state index < -0.39 is 24.0 Å². The van der Waals surface area contributed by atoms with Gasteiger partial charge >= 0.3 is 12.1 Å². The van der Waals surface area contributed by atoms with Crippen molar-refractivity contribution in [1.82, 2.24) is 10.6 Å². The van der Waals surface area contributed by atoms with Crippen LogP contribution in [0.25, 0.3) is 11.1 Å². The van der Waals surface area contributed by atoms with Crippen molar-refractivity contribution in [2.24, 2.45) is 5.92 Å². The first-order valence-electron chi connectivity index (χ1n) is 11.6. The maximum absolute atomic E-state index is 12.7. The van der Waals surface area contributed by atoms with Crippen LogP contribution in [0.15, 0.2) is 78.9 Å². The molecule has 180 valence electrons. The Balaban J connectivity index is 1.30. The third-order valence-electron chi connectivity index (χ3n) is 6.24. The van der Waals surface area contributed by atoms with E-state index in [9.17, 15) is 19.5 Å². The first-order valence-corrected chi connectivity index (χ1v) is 11.6. The zero-order valence-electron chi connectivity index (χ0n) is 19.4. The number of hydrogen-bond donors (Lipinski definition) is 3. The topological polar surface area (TPSA) is 105 Å². The van der Waals surface area contributed by atoms with Crippen molar-refractivity contribution in [2.75, 3.05) is 13.2 Å². The first-order chi connectivity index (χ1) is 16.9. The molecule has 3 aromatic carbocycles. The van der Waals surface area contributed by atoms with E-state index in [0.29, 0.717) is 5.56 Å². The maximum Gasteiger partial charge on any atom is 0.407 e. The Bertz CT molecular complexity index is 1170. The Morgan fingerprint density at radius 2 is 1.46 bits per heavy atom. The number of rotatable bonds is 9. The highest BCUT2D eigenvalue weighted by Crippen LogP contribution is 2.44. The molecule has 3 N–H and O–H groups in total. The Hall–Kier alpha value is -4.13. The van der Waals surface area contributed by atoms with Crippen LogP contribution in [0.1, 0.15) is 42.0 Å². The van der Waals surface area contributed by atoms with Crippen molar-refractivity contribution in [3.63, 3.8) is 0 Å². The summed E-state index contributed by atoms with van der Waals surface area (Å²) in [6, 6.07) is 24.5. The van der Waals surface area contributed by atoms with Crippen LogP contribution < -0.4 is 10.6 Å². The molecule has 4 rings (SSSR count). The fraction of sp³-hybridized carbons (Fsp3) is 0.250. The molecule has 3 aromatic rings. The minimum absolute atomic E-state index is 0.0449. The summed E-state index contributed by atoms with van der Waals surface area (Å²) < 4.78 is 5.51. The molecule has 0 heterocycles. The normalized spacial score (nSPS) is 13.7. The summed E-state index contributed by atoms with van der Waals surface area (Å²) in [6.45, 7) is 1.92. The fourth-order valence-electron chi connectivity index (χ4n) is 4.40. The fourth-order valence-corrected chi connectivity index (χ4v) is 4.40. The van der Waals surface area contributed by atoms with Gasteiger partial charge in [0.1, 0.15) is 6.61 Å². The van der Waals surface area contributed by atoms with Gasteiger partial charge in [0.2, 0.25) is 5.91 Å². The third-order valence-corrected chi connectivity index (χ3v) is 6.24. The van der Waals surface area contributed by atoms with Crippen LogP contribution in [0.3, 0.4) is 0 Å². The van der Waals surface area contributed by atoms with Gasteiger partial charge in [0.05, 0.1) is 18.4 Å². The standard InChI is InChI=1S/C28H28N2O5/c1-18(27(33)30-25(15-26(31)32)19-9-3-2-4-10-19)16-29-28(34)35-17-24-22-13-7-5-11-20(22)21-12-6-8-14-23(21)24/h2-14,18,24-25H,15-17H2,1H3,(H,29,34)(H,30,33)(H,31,32). The van der Waals surface area contributed by atoms with E-state index in [4.69, 9.17) is 4.74 Å². The van der Waals surface area contributed by atoms with Gasteiger partial charge in [-0.15, -0.1) is 0 Å². The van der Waals surface area contributed by atoms with Gasteiger partial charge in [-0.2, -0.15) is 0 Å². The van der Waals surface area contributed by atoms with Crippen LogP contribution >= 0.6 is 0 Å². The second-order valence-corrected chi connectivity index (χ2v) is 8.68. The molecule has 2 amide bonds. The van der Waals surface area contributed by atoms with Crippen LogP contribution in [0.5, 0.6) is 0 Å². The maximum atomic E-state index is 12.7. The number of aliphatic carboxylic acids is 1. The van der Waals surface area contributed by atoms with E-state index in [2.05, 4.69) is 22.8 Å². The van der Waals surface area contributed by atoms with Crippen LogP contribution in [0.2, 0.25) is 0 Å². The zero-order chi connectivity index (χ0) is 24.8. The molecule has 0 bridgehead atoms. The highest BCUT2D eigenvalue weighted by Gasteiger charge is 2.29. The second-order valence-electron chi connectivity index (χ2n) is 8.68. The molecule has 1 aliphatic rings.